The zero-order chi connectivity index (χ0) is 9.97. The maximum absolute atomic E-state index is 12.9. The van der Waals surface area contributed by atoms with E-state index < -0.39 is 6.17 Å². The summed E-state index contributed by atoms with van der Waals surface area (Å²) >= 11 is 0. The van der Waals surface area contributed by atoms with Gasteiger partial charge in [-0.15, -0.1) is 0 Å². The molecule has 14 heavy (non-hydrogen) atoms. The fraction of sp³-hybridized carbons (Fsp3) is 0.455. The fourth-order valence-corrected chi connectivity index (χ4v) is 1.59. The maximum atomic E-state index is 12.9. The molecule has 0 bridgehead atoms. The highest BCUT2D eigenvalue weighted by molar-refractivity contribution is 5.28. The van der Waals surface area contributed by atoms with Crippen molar-refractivity contribution in [1.29, 1.82) is 0 Å². The Morgan fingerprint density at radius 2 is 2.14 bits per heavy atom. The molecule has 0 saturated carbocycles. The van der Waals surface area contributed by atoms with Gasteiger partial charge in [0.1, 0.15) is 11.9 Å². The van der Waals surface area contributed by atoms with Crippen molar-refractivity contribution in [2.75, 3.05) is 13.7 Å². The lowest BCUT2D eigenvalue weighted by Gasteiger charge is -2.32. The first kappa shape index (κ1) is 9.46. The van der Waals surface area contributed by atoms with Crippen LogP contribution in [-0.2, 0) is 6.42 Å². The van der Waals surface area contributed by atoms with Gasteiger partial charge in [0.2, 0.25) is 0 Å². The largest absolute Gasteiger partial charge is 0.497 e. The van der Waals surface area contributed by atoms with Gasteiger partial charge >= 0.3 is 0 Å². The number of rotatable bonds is 3. The summed E-state index contributed by atoms with van der Waals surface area (Å²) in [6.45, 7) is 0.501. The van der Waals surface area contributed by atoms with Crippen molar-refractivity contribution in [1.82, 2.24) is 5.32 Å². The second-order valence-electron chi connectivity index (χ2n) is 3.58. The van der Waals surface area contributed by atoms with Gasteiger partial charge in [-0.25, -0.2) is 4.39 Å². The number of ether oxygens (including phenoxy) is 1. The van der Waals surface area contributed by atoms with Crippen LogP contribution in [0.15, 0.2) is 24.3 Å². The molecule has 1 aliphatic heterocycles. The first-order valence-electron chi connectivity index (χ1n) is 4.80. The van der Waals surface area contributed by atoms with Crippen molar-refractivity contribution >= 4 is 0 Å². The van der Waals surface area contributed by atoms with Gasteiger partial charge in [0.15, 0.2) is 0 Å². The summed E-state index contributed by atoms with van der Waals surface area (Å²) in [6.07, 6.45) is 0.0719. The summed E-state index contributed by atoms with van der Waals surface area (Å²) in [4.78, 5) is 0. The van der Waals surface area contributed by atoms with Crippen LogP contribution in [0.2, 0.25) is 0 Å². The predicted octanol–water partition coefficient (Wildman–Crippen LogP) is 1.55. The van der Waals surface area contributed by atoms with Gasteiger partial charge in [-0.05, 0) is 24.1 Å². The summed E-state index contributed by atoms with van der Waals surface area (Å²) < 4.78 is 18.0. The fourth-order valence-electron chi connectivity index (χ4n) is 1.59. The van der Waals surface area contributed by atoms with Gasteiger partial charge in [-0.3, -0.25) is 0 Å². The van der Waals surface area contributed by atoms with Crippen molar-refractivity contribution in [3.05, 3.63) is 29.8 Å². The number of methoxy groups -OCH3 is 1. The summed E-state index contributed by atoms with van der Waals surface area (Å²) in [6, 6.07) is 7.77. The molecule has 76 valence electrons. The molecular weight excluding hydrogens is 181 g/mol. The molecule has 0 aromatic heterocycles. The Labute approximate surface area is 83.1 Å². The Kier molecular flexibility index (Phi) is 2.68. The summed E-state index contributed by atoms with van der Waals surface area (Å²) in [5, 5.41) is 3.07. The van der Waals surface area contributed by atoms with Crippen molar-refractivity contribution in [3.63, 3.8) is 0 Å². The molecule has 1 heterocycles. The summed E-state index contributed by atoms with van der Waals surface area (Å²) in [7, 11) is 1.64. The Morgan fingerprint density at radius 3 is 2.57 bits per heavy atom. The van der Waals surface area contributed by atoms with Crippen LogP contribution in [0.3, 0.4) is 0 Å². The van der Waals surface area contributed by atoms with E-state index in [0.29, 0.717) is 6.54 Å². The van der Waals surface area contributed by atoms with Crippen LogP contribution in [0.4, 0.5) is 4.39 Å². The molecule has 1 aliphatic rings. The molecular formula is C11H14FNO. The second kappa shape index (κ2) is 3.96. The van der Waals surface area contributed by atoms with Crippen LogP contribution in [0, 0.1) is 0 Å². The van der Waals surface area contributed by atoms with Crippen LogP contribution < -0.4 is 10.1 Å². The third-order valence-corrected chi connectivity index (χ3v) is 2.63. The minimum atomic E-state index is -0.683. The molecule has 0 amide bonds. The predicted molar refractivity (Wildman–Crippen MR) is 53.4 cm³/mol. The number of halogens is 1. The third kappa shape index (κ3) is 1.87. The molecule has 0 radical (unpaired) electrons. The molecule has 3 heteroatoms. The summed E-state index contributed by atoms with van der Waals surface area (Å²) in [5.41, 5.74) is 1.14. The molecule has 2 atom stereocenters. The molecule has 1 N–H and O–H groups in total. The van der Waals surface area contributed by atoms with Crippen molar-refractivity contribution in [3.8, 4) is 5.75 Å². The molecule has 1 aromatic rings. The number of hydrogen-bond donors (Lipinski definition) is 1. The Bertz CT molecular complexity index is 299. The standard InChI is InChI=1S/C11H14FNO/c1-14-9-4-2-8(3-5-9)6-11-10(12)7-13-11/h2-5,10-11,13H,6-7H2,1H3/t10-,11+/m0/s1. The van der Waals surface area contributed by atoms with Crippen LogP contribution in [0.25, 0.3) is 0 Å². The second-order valence-corrected chi connectivity index (χ2v) is 3.58. The highest BCUT2D eigenvalue weighted by Gasteiger charge is 2.29. The van der Waals surface area contributed by atoms with Crippen LogP contribution in [0.1, 0.15) is 5.56 Å². The molecule has 0 aliphatic carbocycles. The molecule has 0 unspecified atom stereocenters. The van der Waals surface area contributed by atoms with E-state index >= 15 is 0 Å². The van der Waals surface area contributed by atoms with E-state index in [2.05, 4.69) is 5.32 Å². The van der Waals surface area contributed by atoms with Gasteiger partial charge in [-0.1, -0.05) is 12.1 Å². The van der Waals surface area contributed by atoms with Gasteiger partial charge in [0.05, 0.1) is 7.11 Å². The minimum absolute atomic E-state index is 0.00314. The van der Waals surface area contributed by atoms with Crippen molar-refractivity contribution in [2.24, 2.45) is 0 Å². The zero-order valence-corrected chi connectivity index (χ0v) is 8.16. The first-order valence-corrected chi connectivity index (χ1v) is 4.80. The lowest BCUT2D eigenvalue weighted by Crippen LogP contribution is -2.55. The van der Waals surface area contributed by atoms with E-state index in [-0.39, 0.29) is 6.04 Å². The van der Waals surface area contributed by atoms with E-state index in [1.165, 1.54) is 0 Å². The van der Waals surface area contributed by atoms with E-state index in [1.54, 1.807) is 7.11 Å². The van der Waals surface area contributed by atoms with Gasteiger partial charge in [0.25, 0.3) is 0 Å². The van der Waals surface area contributed by atoms with Crippen LogP contribution >= 0.6 is 0 Å². The third-order valence-electron chi connectivity index (χ3n) is 2.63. The molecule has 0 spiro atoms. The SMILES string of the molecule is COc1ccc(C[C@H]2NC[C@@H]2F)cc1. The lowest BCUT2D eigenvalue weighted by molar-refractivity contribution is 0.158. The number of alkyl halides is 1. The highest BCUT2D eigenvalue weighted by atomic mass is 19.1. The average molecular weight is 195 g/mol. The van der Waals surface area contributed by atoms with Crippen molar-refractivity contribution in [2.45, 2.75) is 18.6 Å². The molecule has 1 saturated heterocycles. The van der Waals surface area contributed by atoms with Crippen LogP contribution in [-0.4, -0.2) is 25.9 Å². The Hall–Kier alpha value is -1.09. The van der Waals surface area contributed by atoms with E-state index in [4.69, 9.17) is 4.74 Å². The topological polar surface area (TPSA) is 21.3 Å². The van der Waals surface area contributed by atoms with E-state index in [1.807, 2.05) is 24.3 Å². The lowest BCUT2D eigenvalue weighted by atomic mass is 9.96. The number of nitrogens with one attached hydrogen (secondary N) is 1. The smallest absolute Gasteiger partial charge is 0.128 e. The number of hydrogen-bond acceptors (Lipinski definition) is 2. The Balaban J connectivity index is 1.96. The highest BCUT2D eigenvalue weighted by Crippen LogP contribution is 2.17. The minimum Gasteiger partial charge on any atom is -0.497 e. The quantitative estimate of drug-likeness (QED) is 0.790. The first-order chi connectivity index (χ1) is 6.79. The zero-order valence-electron chi connectivity index (χ0n) is 8.16. The van der Waals surface area contributed by atoms with Gasteiger partial charge in [0, 0.05) is 12.6 Å². The normalized spacial score (nSPS) is 25.6. The van der Waals surface area contributed by atoms with E-state index in [9.17, 15) is 4.39 Å². The Morgan fingerprint density at radius 1 is 1.43 bits per heavy atom. The number of benzene rings is 1. The molecule has 1 aromatic carbocycles. The van der Waals surface area contributed by atoms with Gasteiger partial charge in [-0.2, -0.15) is 0 Å². The maximum Gasteiger partial charge on any atom is 0.128 e. The summed E-state index contributed by atoms with van der Waals surface area (Å²) in [5.74, 6) is 0.840. The molecule has 1 fully saturated rings. The molecule has 2 nitrogen and oxygen atoms in total. The monoisotopic (exact) mass is 195 g/mol. The van der Waals surface area contributed by atoms with Gasteiger partial charge < -0.3 is 10.1 Å². The van der Waals surface area contributed by atoms with Crippen molar-refractivity contribution < 1.29 is 9.13 Å². The molecule has 2 rings (SSSR count). The van der Waals surface area contributed by atoms with Crippen LogP contribution in [0.5, 0.6) is 5.75 Å². The average Bonchev–Trinajstić information content (AvgIpc) is 2.24. The van der Waals surface area contributed by atoms with E-state index in [0.717, 1.165) is 17.7 Å².